The molecule has 0 atom stereocenters. The molecule has 0 saturated carbocycles. The first-order valence-corrected chi connectivity index (χ1v) is 6.96. The molecule has 1 aliphatic carbocycles. The second kappa shape index (κ2) is 3.90. The molecule has 0 saturated heterocycles. The average Bonchev–Trinajstić information content (AvgIpc) is 2.49. The summed E-state index contributed by atoms with van der Waals surface area (Å²) in [4.78, 5) is 27.5. The van der Waals surface area contributed by atoms with E-state index >= 15 is 0 Å². The molecule has 4 rings (SSSR count). The smallest absolute Gasteiger partial charge is 0.263 e. The molecular formula is C16H8BrNO2. The van der Waals surface area contributed by atoms with Crippen LogP contribution in [0.2, 0.25) is 0 Å². The Labute approximate surface area is 122 Å². The third-order valence-corrected chi connectivity index (χ3v) is 4.46. The van der Waals surface area contributed by atoms with Crippen molar-refractivity contribution in [2.75, 3.05) is 0 Å². The zero-order chi connectivity index (χ0) is 13.9. The summed E-state index contributed by atoms with van der Waals surface area (Å²) in [6.07, 6.45) is 0. The fourth-order valence-electron chi connectivity index (χ4n) is 2.79. The molecule has 3 aromatic rings. The second-order valence-corrected chi connectivity index (χ2v) is 5.54. The molecule has 1 heterocycles. The second-order valence-electron chi connectivity index (χ2n) is 4.75. The molecule has 96 valence electrons. The lowest BCUT2D eigenvalue weighted by Crippen LogP contribution is -2.16. The van der Waals surface area contributed by atoms with Gasteiger partial charge in [0, 0.05) is 27.5 Å². The van der Waals surface area contributed by atoms with Crippen molar-refractivity contribution < 1.29 is 4.79 Å². The van der Waals surface area contributed by atoms with E-state index in [1.165, 1.54) is 0 Å². The first kappa shape index (κ1) is 11.6. The third kappa shape index (κ3) is 1.34. The van der Waals surface area contributed by atoms with Gasteiger partial charge in [-0.3, -0.25) is 9.59 Å². The number of benzene rings is 2. The Bertz CT molecular complexity index is 956. The molecule has 0 fully saturated rings. The van der Waals surface area contributed by atoms with E-state index in [1.54, 1.807) is 18.2 Å². The van der Waals surface area contributed by atoms with Crippen molar-refractivity contribution in [2.45, 2.75) is 0 Å². The van der Waals surface area contributed by atoms with Crippen molar-refractivity contribution in [3.63, 3.8) is 0 Å². The summed E-state index contributed by atoms with van der Waals surface area (Å²) in [5.41, 5.74) is 2.58. The monoisotopic (exact) mass is 325 g/mol. The predicted octanol–water partition coefficient (Wildman–Crippen LogP) is 3.50. The molecule has 4 heteroatoms. The Morgan fingerprint density at radius 1 is 0.850 bits per heavy atom. The van der Waals surface area contributed by atoms with Crippen LogP contribution in [0.1, 0.15) is 15.9 Å². The number of H-pyrrole nitrogens is 1. The largest absolute Gasteiger partial charge is 0.320 e. The Hall–Kier alpha value is -2.20. The lowest BCUT2D eigenvalue weighted by molar-refractivity contribution is 0.104. The normalized spacial score (nSPS) is 12.6. The Morgan fingerprint density at radius 3 is 2.35 bits per heavy atom. The van der Waals surface area contributed by atoms with Gasteiger partial charge in [0.2, 0.25) is 0 Å². The Morgan fingerprint density at radius 2 is 1.55 bits per heavy atom. The van der Waals surface area contributed by atoms with Gasteiger partial charge >= 0.3 is 0 Å². The van der Waals surface area contributed by atoms with Gasteiger partial charge in [0.25, 0.3) is 5.56 Å². The number of hydrogen-bond donors (Lipinski definition) is 1. The highest BCUT2D eigenvalue weighted by Crippen LogP contribution is 2.38. The van der Waals surface area contributed by atoms with Crippen LogP contribution in [-0.2, 0) is 0 Å². The number of aromatic amines is 1. The van der Waals surface area contributed by atoms with Crippen LogP contribution >= 0.6 is 15.9 Å². The Kier molecular flexibility index (Phi) is 2.26. The summed E-state index contributed by atoms with van der Waals surface area (Å²) in [6.45, 7) is 0. The van der Waals surface area contributed by atoms with Crippen LogP contribution in [-0.4, -0.2) is 10.8 Å². The average molecular weight is 326 g/mol. The van der Waals surface area contributed by atoms with Gasteiger partial charge in [-0.2, -0.15) is 0 Å². The molecule has 0 unspecified atom stereocenters. The van der Waals surface area contributed by atoms with E-state index in [4.69, 9.17) is 0 Å². The summed E-state index contributed by atoms with van der Waals surface area (Å²) in [7, 11) is 0. The molecule has 0 spiro atoms. The van der Waals surface area contributed by atoms with E-state index in [0.29, 0.717) is 15.6 Å². The van der Waals surface area contributed by atoms with Crippen molar-refractivity contribution >= 4 is 32.5 Å². The first-order chi connectivity index (χ1) is 9.68. The number of carbonyl (C=O) groups excluding carboxylic acids is 1. The van der Waals surface area contributed by atoms with E-state index in [1.807, 2.05) is 24.3 Å². The van der Waals surface area contributed by atoms with Crippen LogP contribution < -0.4 is 5.56 Å². The summed E-state index contributed by atoms with van der Waals surface area (Å²) < 4.78 is 0.463. The van der Waals surface area contributed by atoms with E-state index in [9.17, 15) is 9.59 Å². The summed E-state index contributed by atoms with van der Waals surface area (Å²) in [5.74, 6) is -0.00218. The number of carbonyl (C=O) groups is 1. The number of ketones is 1. The van der Waals surface area contributed by atoms with Crippen LogP contribution in [0.5, 0.6) is 0 Å². The van der Waals surface area contributed by atoms with Gasteiger partial charge in [-0.25, -0.2) is 0 Å². The van der Waals surface area contributed by atoms with Crippen molar-refractivity contribution in [2.24, 2.45) is 0 Å². The SMILES string of the molecule is O=C1c2ccccc2-c2[nH]c(=O)c(Br)c3cccc1c23. The van der Waals surface area contributed by atoms with Crippen molar-refractivity contribution in [1.29, 1.82) is 0 Å². The quantitative estimate of drug-likeness (QED) is 0.538. The maximum absolute atomic E-state index is 12.6. The zero-order valence-corrected chi connectivity index (χ0v) is 11.8. The maximum Gasteiger partial charge on any atom is 0.263 e. The standard InChI is InChI=1S/C16H8BrNO2/c17-13-10-6-3-7-11-12(10)14(18-16(13)20)8-4-1-2-5-9(8)15(11)19/h1-7H,(H,18,20). The minimum Gasteiger partial charge on any atom is -0.320 e. The number of fused-ring (bicyclic) bond motifs is 2. The molecule has 1 N–H and O–H groups in total. The van der Waals surface area contributed by atoms with Gasteiger partial charge < -0.3 is 4.98 Å². The van der Waals surface area contributed by atoms with Crippen molar-refractivity contribution in [3.8, 4) is 11.3 Å². The lowest BCUT2D eigenvalue weighted by Gasteiger charge is -2.19. The van der Waals surface area contributed by atoms with E-state index < -0.39 is 0 Å². The van der Waals surface area contributed by atoms with Gasteiger partial charge in [0.05, 0.1) is 10.2 Å². The van der Waals surface area contributed by atoms with E-state index in [-0.39, 0.29) is 11.3 Å². The molecule has 2 aromatic carbocycles. The molecule has 1 aliphatic rings. The lowest BCUT2D eigenvalue weighted by atomic mass is 9.86. The van der Waals surface area contributed by atoms with E-state index in [0.717, 1.165) is 22.0 Å². The number of pyridine rings is 1. The van der Waals surface area contributed by atoms with Gasteiger partial charge in [-0.05, 0) is 15.9 Å². The van der Waals surface area contributed by atoms with E-state index in [2.05, 4.69) is 20.9 Å². The molecule has 0 amide bonds. The number of rotatable bonds is 0. The van der Waals surface area contributed by atoms with Gasteiger partial charge in [-0.15, -0.1) is 0 Å². The summed E-state index contributed by atoms with van der Waals surface area (Å²) >= 11 is 3.31. The molecule has 0 radical (unpaired) electrons. The zero-order valence-electron chi connectivity index (χ0n) is 10.2. The van der Waals surface area contributed by atoms with Crippen LogP contribution in [0.3, 0.4) is 0 Å². The molecule has 1 aromatic heterocycles. The highest BCUT2D eigenvalue weighted by molar-refractivity contribution is 9.10. The van der Waals surface area contributed by atoms with Crippen LogP contribution in [0, 0.1) is 0 Å². The maximum atomic E-state index is 12.6. The Balaban J connectivity index is 2.33. The number of nitrogens with one attached hydrogen (secondary N) is 1. The molecule has 0 aliphatic heterocycles. The topological polar surface area (TPSA) is 49.9 Å². The summed E-state index contributed by atoms with van der Waals surface area (Å²) in [5, 5.41) is 1.58. The van der Waals surface area contributed by atoms with Crippen molar-refractivity contribution in [3.05, 3.63) is 68.4 Å². The minimum atomic E-state index is -0.186. The van der Waals surface area contributed by atoms with Gasteiger partial charge in [0.15, 0.2) is 5.78 Å². The van der Waals surface area contributed by atoms with Gasteiger partial charge in [0.1, 0.15) is 0 Å². The minimum absolute atomic E-state index is 0.00218. The van der Waals surface area contributed by atoms with Crippen LogP contribution in [0.15, 0.2) is 51.7 Å². The first-order valence-electron chi connectivity index (χ1n) is 6.17. The third-order valence-electron chi connectivity index (χ3n) is 3.67. The van der Waals surface area contributed by atoms with Crippen molar-refractivity contribution in [1.82, 2.24) is 4.98 Å². The number of halogens is 1. The molecule has 20 heavy (non-hydrogen) atoms. The summed E-state index contributed by atoms with van der Waals surface area (Å²) in [6, 6.07) is 12.8. The fourth-order valence-corrected chi connectivity index (χ4v) is 3.22. The van der Waals surface area contributed by atoms with Gasteiger partial charge in [-0.1, -0.05) is 42.5 Å². The number of aromatic nitrogens is 1. The molecule has 0 bridgehead atoms. The molecular weight excluding hydrogens is 318 g/mol. The fraction of sp³-hybridized carbons (Fsp3) is 0. The molecule has 3 nitrogen and oxygen atoms in total. The van der Waals surface area contributed by atoms with Crippen LogP contribution in [0.25, 0.3) is 22.0 Å². The highest BCUT2D eigenvalue weighted by Gasteiger charge is 2.26. The highest BCUT2D eigenvalue weighted by atomic mass is 79.9. The van der Waals surface area contributed by atoms with Crippen LogP contribution in [0.4, 0.5) is 0 Å². The number of hydrogen-bond acceptors (Lipinski definition) is 2. The predicted molar refractivity (Wildman–Crippen MR) is 81.1 cm³/mol.